The summed E-state index contributed by atoms with van der Waals surface area (Å²) < 4.78 is 240. The minimum Gasteiger partial charge on any atom is -0.497 e. The van der Waals surface area contributed by atoms with Crippen LogP contribution in [-0.4, -0.2) is 82.9 Å². The van der Waals surface area contributed by atoms with E-state index in [-0.39, 0.29) is 29.0 Å². The van der Waals surface area contributed by atoms with Crippen molar-refractivity contribution in [3.05, 3.63) is 65.9 Å². The lowest BCUT2D eigenvalue weighted by molar-refractivity contribution is -0.462. The van der Waals surface area contributed by atoms with Crippen molar-refractivity contribution in [1.29, 1.82) is 0 Å². The molecule has 6 rings (SSSR count). The molecule has 3 fully saturated rings. The number of rotatable bonds is 13. The molecule has 5 nitrogen and oxygen atoms in total. The monoisotopic (exact) mass is 878 g/mol. The SMILES string of the molecule is CCC1CN2CCC1C[C@H]2[C@@H](NC(=S)Nc1ccc(C(F)(F)C(F)(F)C(F)(F)C(F)(F)C(F)(F)C(F)(F)C(F)(F)C(F)(F)F)cc1)c1ccnc2ccc(OC)cc12. The quantitative estimate of drug-likeness (QED) is 0.132. The first kappa shape index (κ1) is 45.2. The third-order valence-electron chi connectivity index (χ3n) is 10.7. The summed E-state index contributed by atoms with van der Waals surface area (Å²) in [5.74, 6) is -55.8. The maximum Gasteiger partial charge on any atom is 0.460 e. The molecule has 322 valence electrons. The number of methoxy groups -OCH3 is 1. The summed E-state index contributed by atoms with van der Waals surface area (Å²) >= 11 is 5.47. The molecule has 0 spiro atoms. The van der Waals surface area contributed by atoms with Gasteiger partial charge in [-0.05, 0) is 85.4 Å². The highest BCUT2D eigenvalue weighted by molar-refractivity contribution is 7.80. The van der Waals surface area contributed by atoms with Crippen molar-refractivity contribution in [3.8, 4) is 5.75 Å². The number of nitrogens with zero attached hydrogens (tertiary/aromatic N) is 2. The number of anilines is 1. The molecule has 3 saturated heterocycles. The van der Waals surface area contributed by atoms with Gasteiger partial charge in [-0.1, -0.05) is 25.5 Å². The zero-order chi connectivity index (χ0) is 43.7. The van der Waals surface area contributed by atoms with Crippen molar-refractivity contribution in [1.82, 2.24) is 15.2 Å². The van der Waals surface area contributed by atoms with E-state index >= 15 is 0 Å². The number of hydrogen-bond acceptors (Lipinski definition) is 4. The smallest absolute Gasteiger partial charge is 0.460 e. The van der Waals surface area contributed by atoms with Gasteiger partial charge in [0.15, 0.2) is 5.11 Å². The van der Waals surface area contributed by atoms with Crippen LogP contribution in [0.2, 0.25) is 0 Å². The van der Waals surface area contributed by atoms with Crippen LogP contribution < -0.4 is 15.4 Å². The Kier molecular flexibility index (Phi) is 11.7. The summed E-state index contributed by atoms with van der Waals surface area (Å²) in [5, 5.41) is 6.18. The average molecular weight is 879 g/mol. The van der Waals surface area contributed by atoms with Gasteiger partial charge in [0, 0.05) is 35.4 Å². The molecule has 0 saturated carbocycles. The first-order valence-electron chi connectivity index (χ1n) is 17.1. The Morgan fingerprint density at radius 2 is 1.36 bits per heavy atom. The van der Waals surface area contributed by atoms with E-state index in [0.29, 0.717) is 46.2 Å². The lowest BCUT2D eigenvalue weighted by Crippen LogP contribution is -2.74. The van der Waals surface area contributed by atoms with Gasteiger partial charge in [-0.3, -0.25) is 9.88 Å². The zero-order valence-electron chi connectivity index (χ0n) is 29.7. The molecule has 0 radical (unpaired) electrons. The Hall–Kier alpha value is -3.89. The molecule has 2 aromatic carbocycles. The van der Waals surface area contributed by atoms with Gasteiger partial charge >= 0.3 is 47.6 Å². The third kappa shape index (κ3) is 7.03. The molecular formula is C35H31F17N4OS. The maximum absolute atomic E-state index is 14.9. The van der Waals surface area contributed by atoms with E-state index < -0.39 is 59.2 Å². The number of nitrogens with one attached hydrogen (secondary N) is 2. The highest BCUT2D eigenvalue weighted by Crippen LogP contribution is 2.65. The largest absolute Gasteiger partial charge is 0.497 e. The summed E-state index contributed by atoms with van der Waals surface area (Å²) in [6.07, 6.45) is -3.66. The molecule has 23 heteroatoms. The van der Waals surface area contributed by atoms with Crippen LogP contribution in [0.25, 0.3) is 10.9 Å². The fraction of sp³-hybridized carbons (Fsp3) is 0.543. The van der Waals surface area contributed by atoms with E-state index in [1.165, 1.54) is 7.11 Å². The second-order valence-corrected chi connectivity index (χ2v) is 14.4. The fourth-order valence-corrected chi connectivity index (χ4v) is 7.58. The topological polar surface area (TPSA) is 49.4 Å². The molecule has 2 N–H and O–H groups in total. The Balaban J connectivity index is 1.41. The van der Waals surface area contributed by atoms with E-state index in [9.17, 15) is 74.6 Å². The average Bonchev–Trinajstić information content (AvgIpc) is 3.15. The van der Waals surface area contributed by atoms with Gasteiger partial charge in [0.25, 0.3) is 0 Å². The van der Waals surface area contributed by atoms with E-state index in [1.54, 1.807) is 30.5 Å². The molecule has 0 aliphatic carbocycles. The van der Waals surface area contributed by atoms with Crippen molar-refractivity contribution in [2.75, 3.05) is 25.5 Å². The first-order chi connectivity index (χ1) is 26.5. The zero-order valence-corrected chi connectivity index (χ0v) is 30.5. The normalized spacial score (nSPS) is 21.8. The number of hydrogen-bond donors (Lipinski definition) is 2. The Morgan fingerprint density at radius 1 is 0.793 bits per heavy atom. The second-order valence-electron chi connectivity index (χ2n) is 14.0. The van der Waals surface area contributed by atoms with Crippen LogP contribution in [0.15, 0.2) is 54.7 Å². The number of benzene rings is 2. The molecule has 4 heterocycles. The standard InChI is InChI=1S/C35H31F17N4OS/c1-3-17-16-56-13-11-18(17)14-25(56)26(22-10-12-53-24-9-8-21(57-2)15-23(22)24)55-27(58)54-20-6-4-19(5-7-20)28(36,37)29(38,39)30(40,41)31(42,43)32(44,45)33(46,47)34(48,49)35(50,51)52/h4-10,12,15,17-18,25-26H,3,11,13-14,16H2,1-2H3,(H2,54,55,58)/t17?,18?,25-,26-/m0/s1. The predicted octanol–water partition coefficient (Wildman–Crippen LogP) is 10.9. The summed E-state index contributed by atoms with van der Waals surface area (Å²) in [5.41, 5.74) is -1.35. The van der Waals surface area contributed by atoms with Crippen molar-refractivity contribution >= 4 is 33.9 Å². The Bertz CT molecular complexity index is 1980. The minimum atomic E-state index is -8.70. The van der Waals surface area contributed by atoms with Crippen molar-refractivity contribution in [2.24, 2.45) is 11.8 Å². The molecule has 3 aromatic rings. The number of ether oxygens (including phenoxy) is 1. The third-order valence-corrected chi connectivity index (χ3v) is 10.9. The van der Waals surface area contributed by atoms with Crippen molar-refractivity contribution in [3.63, 3.8) is 0 Å². The van der Waals surface area contributed by atoms with Crippen LogP contribution in [0.3, 0.4) is 0 Å². The molecule has 3 aliphatic heterocycles. The number of halogens is 17. The number of fused-ring (bicyclic) bond motifs is 4. The van der Waals surface area contributed by atoms with Crippen LogP contribution in [-0.2, 0) is 5.92 Å². The number of alkyl halides is 17. The molecule has 0 amide bonds. The van der Waals surface area contributed by atoms with Crippen LogP contribution in [0, 0.1) is 11.8 Å². The van der Waals surface area contributed by atoms with E-state index in [4.69, 9.17) is 17.0 Å². The molecule has 58 heavy (non-hydrogen) atoms. The maximum atomic E-state index is 14.9. The van der Waals surface area contributed by atoms with Crippen LogP contribution in [0.5, 0.6) is 5.75 Å². The van der Waals surface area contributed by atoms with Crippen molar-refractivity contribution in [2.45, 2.75) is 85.9 Å². The summed E-state index contributed by atoms with van der Waals surface area (Å²) in [6.45, 7) is 3.60. The van der Waals surface area contributed by atoms with Crippen LogP contribution >= 0.6 is 12.2 Å². The van der Waals surface area contributed by atoms with Gasteiger partial charge in [0.2, 0.25) is 0 Å². The van der Waals surface area contributed by atoms with Crippen molar-refractivity contribution < 1.29 is 79.4 Å². The highest BCUT2D eigenvalue weighted by atomic mass is 32.1. The lowest BCUT2D eigenvalue weighted by atomic mass is 9.72. The molecule has 5 atom stereocenters. The minimum absolute atomic E-state index is 0.0888. The Labute approximate surface area is 323 Å². The molecule has 3 unspecified atom stereocenters. The van der Waals surface area contributed by atoms with E-state index in [2.05, 4.69) is 27.4 Å². The summed E-state index contributed by atoms with van der Waals surface area (Å²) in [4.78, 5) is 6.66. The number of thiocarbonyl (C=S) groups is 1. The second kappa shape index (κ2) is 15.0. The van der Waals surface area contributed by atoms with Gasteiger partial charge < -0.3 is 15.4 Å². The Morgan fingerprint density at radius 3 is 1.88 bits per heavy atom. The van der Waals surface area contributed by atoms with Gasteiger partial charge in [-0.2, -0.15) is 74.6 Å². The highest BCUT2D eigenvalue weighted by Gasteiger charge is 2.95. The predicted molar refractivity (Wildman–Crippen MR) is 178 cm³/mol. The van der Waals surface area contributed by atoms with Gasteiger partial charge in [0.05, 0.1) is 18.7 Å². The summed E-state index contributed by atoms with van der Waals surface area (Å²) in [6, 6.07) is 6.91. The van der Waals surface area contributed by atoms with Gasteiger partial charge in [0.1, 0.15) is 5.75 Å². The summed E-state index contributed by atoms with van der Waals surface area (Å²) in [7, 11) is 1.46. The first-order valence-corrected chi connectivity index (χ1v) is 17.5. The number of aromatic nitrogens is 1. The van der Waals surface area contributed by atoms with Gasteiger partial charge in [-0.15, -0.1) is 0 Å². The van der Waals surface area contributed by atoms with E-state index in [0.717, 1.165) is 32.4 Å². The van der Waals surface area contributed by atoms with Crippen LogP contribution in [0.4, 0.5) is 80.3 Å². The molecule has 2 bridgehead atoms. The van der Waals surface area contributed by atoms with Crippen LogP contribution in [0.1, 0.15) is 43.4 Å². The van der Waals surface area contributed by atoms with Gasteiger partial charge in [-0.25, -0.2) is 0 Å². The fourth-order valence-electron chi connectivity index (χ4n) is 7.33. The number of piperidine rings is 3. The van der Waals surface area contributed by atoms with E-state index in [1.807, 2.05) is 0 Å². The molecule has 3 aliphatic rings. The lowest BCUT2D eigenvalue weighted by Gasteiger charge is -2.52. The molecule has 1 aromatic heterocycles. The molecular weight excluding hydrogens is 847 g/mol. The number of pyridine rings is 1.